The predicted octanol–water partition coefficient (Wildman–Crippen LogP) is 4.13. The summed E-state index contributed by atoms with van der Waals surface area (Å²) in [7, 11) is 0. The number of rotatable bonds is 3. The van der Waals surface area contributed by atoms with Crippen LogP contribution in [0.1, 0.15) is 30.2 Å². The lowest BCUT2D eigenvalue weighted by Crippen LogP contribution is -2.46. The minimum Gasteiger partial charge on any atom is -0.383 e. The van der Waals surface area contributed by atoms with E-state index in [1.165, 1.54) is 24.1 Å². The summed E-state index contributed by atoms with van der Waals surface area (Å²) in [5.74, 6) is 0.604. The van der Waals surface area contributed by atoms with Gasteiger partial charge in [0.15, 0.2) is 0 Å². The Morgan fingerprint density at radius 3 is 2.88 bits per heavy atom. The van der Waals surface area contributed by atoms with Crippen molar-refractivity contribution in [2.75, 3.05) is 18.0 Å². The number of piperidine rings is 1. The van der Waals surface area contributed by atoms with Gasteiger partial charge in [-0.25, -0.2) is 4.99 Å². The van der Waals surface area contributed by atoms with Gasteiger partial charge in [0, 0.05) is 24.3 Å². The molecule has 4 nitrogen and oxygen atoms in total. The van der Waals surface area contributed by atoms with Crippen LogP contribution in [0.5, 0.6) is 0 Å². The van der Waals surface area contributed by atoms with E-state index >= 15 is 0 Å². The van der Waals surface area contributed by atoms with Crippen molar-refractivity contribution in [3.05, 3.63) is 46.2 Å². The maximum Gasteiger partial charge on any atom is 0.141 e. The Morgan fingerprint density at radius 2 is 2.15 bits per heavy atom. The molecule has 7 heteroatoms. The fourth-order valence-electron chi connectivity index (χ4n) is 3.87. The number of anilines is 1. The summed E-state index contributed by atoms with van der Waals surface area (Å²) in [6, 6.07) is 11.8. The molecule has 1 saturated heterocycles. The molecule has 1 aromatic carbocycles. The third-order valence-corrected chi connectivity index (χ3v) is 5.95. The normalized spacial score (nSPS) is 22.3. The largest absolute Gasteiger partial charge is 0.383 e. The number of thiophene rings is 1. The van der Waals surface area contributed by atoms with Gasteiger partial charge in [-0.3, -0.25) is 0 Å². The van der Waals surface area contributed by atoms with Crippen LogP contribution in [0.15, 0.2) is 40.7 Å². The summed E-state index contributed by atoms with van der Waals surface area (Å²) >= 11 is 1.63. The van der Waals surface area contributed by atoms with E-state index in [1.807, 2.05) is 17.5 Å². The second-order valence-corrected chi connectivity index (χ2v) is 7.71. The molecule has 2 aliphatic heterocycles. The number of amidine groups is 1. The zero-order chi connectivity index (χ0) is 16.5. The van der Waals surface area contributed by atoms with Crippen molar-refractivity contribution in [1.29, 1.82) is 0 Å². The van der Waals surface area contributed by atoms with E-state index in [0.29, 0.717) is 17.9 Å². The molecule has 2 aliphatic rings. The molecule has 2 atom stereocenters. The molecule has 0 spiro atoms. The number of nitrogens with zero attached hydrogens (tertiary/aromatic N) is 2. The lowest BCUT2D eigenvalue weighted by molar-refractivity contribution is 0.367. The Kier molecular flexibility index (Phi) is 7.35. The van der Waals surface area contributed by atoms with Crippen LogP contribution in [-0.4, -0.2) is 31.0 Å². The van der Waals surface area contributed by atoms with Crippen molar-refractivity contribution in [2.45, 2.75) is 38.3 Å². The van der Waals surface area contributed by atoms with E-state index in [0.717, 1.165) is 30.1 Å². The SMILES string of the molecule is CC1CC(N2CCc3cc(N=C(N)c4cccs4)ccc32)CCN1.Cl.Cl. The third kappa shape index (κ3) is 4.34. The molecule has 1 fully saturated rings. The second-order valence-electron chi connectivity index (χ2n) is 6.76. The first-order valence-electron chi connectivity index (χ1n) is 8.72. The van der Waals surface area contributed by atoms with E-state index in [2.05, 4.69) is 40.3 Å². The highest BCUT2D eigenvalue weighted by Crippen LogP contribution is 2.35. The lowest BCUT2D eigenvalue weighted by Gasteiger charge is -2.36. The molecule has 0 bridgehead atoms. The number of hydrogen-bond acceptors (Lipinski definition) is 4. The molecular weight excluding hydrogens is 387 g/mol. The maximum absolute atomic E-state index is 6.12. The van der Waals surface area contributed by atoms with Gasteiger partial charge in [-0.05, 0) is 67.9 Å². The molecule has 1 aromatic heterocycles. The van der Waals surface area contributed by atoms with Gasteiger partial charge in [-0.1, -0.05) is 6.07 Å². The molecule has 0 saturated carbocycles. The highest BCUT2D eigenvalue weighted by atomic mass is 35.5. The van der Waals surface area contributed by atoms with E-state index in [9.17, 15) is 0 Å². The summed E-state index contributed by atoms with van der Waals surface area (Å²) in [6.07, 6.45) is 3.57. The average Bonchev–Trinajstić information content (AvgIpc) is 3.24. The summed E-state index contributed by atoms with van der Waals surface area (Å²) in [5.41, 5.74) is 9.87. The van der Waals surface area contributed by atoms with E-state index in [-0.39, 0.29) is 24.8 Å². The number of benzene rings is 1. The van der Waals surface area contributed by atoms with Crippen molar-refractivity contribution >= 4 is 53.4 Å². The van der Waals surface area contributed by atoms with Crippen LogP contribution in [0.3, 0.4) is 0 Å². The van der Waals surface area contributed by atoms with Crippen LogP contribution >= 0.6 is 36.2 Å². The molecular formula is C19H26Cl2N4S. The van der Waals surface area contributed by atoms with E-state index in [1.54, 1.807) is 11.3 Å². The average molecular weight is 413 g/mol. The number of aliphatic imine (C=N–C) groups is 1. The Hall–Kier alpha value is -1.27. The highest BCUT2D eigenvalue weighted by molar-refractivity contribution is 7.12. The minimum atomic E-state index is 0. The van der Waals surface area contributed by atoms with Gasteiger partial charge in [-0.2, -0.15) is 0 Å². The molecule has 3 heterocycles. The number of halogens is 2. The Bertz CT molecular complexity index is 748. The van der Waals surface area contributed by atoms with Gasteiger partial charge in [0.25, 0.3) is 0 Å². The lowest BCUT2D eigenvalue weighted by atomic mass is 9.99. The number of nitrogens with one attached hydrogen (secondary N) is 1. The zero-order valence-corrected chi connectivity index (χ0v) is 17.3. The smallest absolute Gasteiger partial charge is 0.141 e. The van der Waals surface area contributed by atoms with Gasteiger partial charge >= 0.3 is 0 Å². The van der Waals surface area contributed by atoms with Crippen LogP contribution in [0.4, 0.5) is 11.4 Å². The van der Waals surface area contributed by atoms with Crippen molar-refractivity contribution in [2.24, 2.45) is 10.7 Å². The number of nitrogens with two attached hydrogens (primary N) is 1. The first kappa shape index (κ1) is 21.0. The monoisotopic (exact) mass is 412 g/mol. The third-order valence-electron chi connectivity index (χ3n) is 5.05. The Labute approximate surface area is 171 Å². The highest BCUT2D eigenvalue weighted by Gasteiger charge is 2.29. The number of fused-ring (bicyclic) bond motifs is 1. The minimum absolute atomic E-state index is 0. The summed E-state index contributed by atoms with van der Waals surface area (Å²) in [6.45, 7) is 4.53. The molecule has 142 valence electrons. The van der Waals surface area contributed by atoms with Crippen LogP contribution < -0.4 is 16.0 Å². The van der Waals surface area contributed by atoms with E-state index in [4.69, 9.17) is 5.73 Å². The molecule has 0 amide bonds. The molecule has 0 radical (unpaired) electrons. The van der Waals surface area contributed by atoms with Crippen molar-refractivity contribution in [3.8, 4) is 0 Å². The van der Waals surface area contributed by atoms with E-state index < -0.39 is 0 Å². The standard InChI is InChI=1S/C19H24N4S.2ClH/c1-13-11-16(6-8-21-13)23-9-7-14-12-15(4-5-17(14)23)22-19(20)18-3-2-10-24-18;;/h2-5,10,12-13,16,21H,6-9,11H2,1H3,(H2,20,22);2*1H. The molecule has 2 aromatic rings. The Balaban J connectivity index is 0.00000121. The van der Waals surface area contributed by atoms with Crippen molar-refractivity contribution in [3.63, 3.8) is 0 Å². The molecule has 26 heavy (non-hydrogen) atoms. The van der Waals surface area contributed by atoms with Crippen LogP contribution in [0.25, 0.3) is 0 Å². The Morgan fingerprint density at radius 1 is 1.31 bits per heavy atom. The van der Waals surface area contributed by atoms with Crippen molar-refractivity contribution in [1.82, 2.24) is 5.32 Å². The van der Waals surface area contributed by atoms with Crippen LogP contribution in [0, 0.1) is 0 Å². The topological polar surface area (TPSA) is 53.6 Å². The van der Waals surface area contributed by atoms with Crippen molar-refractivity contribution < 1.29 is 0 Å². The predicted molar refractivity (Wildman–Crippen MR) is 117 cm³/mol. The van der Waals surface area contributed by atoms with Gasteiger partial charge < -0.3 is 16.0 Å². The first-order chi connectivity index (χ1) is 11.7. The van der Waals surface area contributed by atoms with Crippen LogP contribution in [0.2, 0.25) is 0 Å². The molecule has 0 aliphatic carbocycles. The molecule has 2 unspecified atom stereocenters. The zero-order valence-electron chi connectivity index (χ0n) is 14.9. The quantitative estimate of drug-likeness (QED) is 0.588. The fraction of sp³-hybridized carbons (Fsp3) is 0.421. The first-order valence-corrected chi connectivity index (χ1v) is 9.59. The summed E-state index contributed by atoms with van der Waals surface area (Å²) < 4.78 is 0. The van der Waals surface area contributed by atoms with Gasteiger partial charge in [0.2, 0.25) is 0 Å². The summed E-state index contributed by atoms with van der Waals surface area (Å²) in [4.78, 5) is 8.23. The second kappa shape index (κ2) is 9.09. The molecule has 4 rings (SSSR count). The maximum atomic E-state index is 6.12. The summed E-state index contributed by atoms with van der Waals surface area (Å²) in [5, 5.41) is 5.57. The van der Waals surface area contributed by atoms with Crippen LogP contribution in [-0.2, 0) is 6.42 Å². The fourth-order valence-corrected chi connectivity index (χ4v) is 4.50. The van der Waals surface area contributed by atoms with Gasteiger partial charge in [0.1, 0.15) is 5.84 Å². The van der Waals surface area contributed by atoms with Gasteiger partial charge in [0.05, 0.1) is 10.6 Å². The molecule has 3 N–H and O–H groups in total. The number of hydrogen-bond donors (Lipinski definition) is 2. The van der Waals surface area contributed by atoms with Gasteiger partial charge in [-0.15, -0.1) is 36.2 Å².